The molecule has 0 unspecified atom stereocenters. The minimum atomic E-state index is 0.976. The summed E-state index contributed by atoms with van der Waals surface area (Å²) in [6, 6.07) is 0. The first-order chi connectivity index (χ1) is 3.93. The second kappa shape index (κ2) is 3.11. The van der Waals surface area contributed by atoms with Crippen molar-refractivity contribution in [3.63, 3.8) is 0 Å². The van der Waals surface area contributed by atoms with E-state index in [1.54, 1.807) is 0 Å². The van der Waals surface area contributed by atoms with Gasteiger partial charge in [-0.25, -0.2) is 0 Å². The molecular weight excluding hydrogens is 96.1 g/mol. The van der Waals surface area contributed by atoms with Crippen LogP contribution in [0.5, 0.6) is 0 Å². The van der Waals surface area contributed by atoms with Crippen LogP contribution < -0.4 is 0 Å². The molecule has 1 aliphatic rings. The van der Waals surface area contributed by atoms with Gasteiger partial charge in [-0.15, -0.1) is 0 Å². The zero-order valence-corrected chi connectivity index (χ0v) is 5.53. The van der Waals surface area contributed by atoms with E-state index >= 15 is 0 Å². The molecule has 0 atom stereocenters. The molecule has 1 aliphatic carbocycles. The Kier molecular flexibility index (Phi) is 2.38. The first-order valence-corrected chi connectivity index (χ1v) is 3.72. The zero-order valence-electron chi connectivity index (χ0n) is 5.53. The average Bonchev–Trinajstić information content (AvgIpc) is 1.90. The van der Waals surface area contributed by atoms with Crippen LogP contribution in [-0.2, 0) is 0 Å². The van der Waals surface area contributed by atoms with Crippen LogP contribution >= 0.6 is 0 Å². The predicted molar refractivity (Wildman–Crippen MR) is 36.5 cm³/mol. The molecule has 0 saturated heterocycles. The highest BCUT2D eigenvalue weighted by molar-refractivity contribution is 4.65. The van der Waals surface area contributed by atoms with E-state index < -0.39 is 0 Å². The van der Waals surface area contributed by atoms with Gasteiger partial charge in [0.15, 0.2) is 0 Å². The van der Waals surface area contributed by atoms with Gasteiger partial charge in [0.1, 0.15) is 0 Å². The summed E-state index contributed by atoms with van der Waals surface area (Å²) in [5, 5.41) is 0. The fraction of sp³-hybridized carbons (Fsp3) is 0.875. The maximum absolute atomic E-state index is 3.91. The third-order valence-electron chi connectivity index (χ3n) is 2.13. The van der Waals surface area contributed by atoms with Gasteiger partial charge in [0.05, 0.1) is 0 Å². The van der Waals surface area contributed by atoms with Gasteiger partial charge in [0, 0.05) is 0 Å². The minimum Gasteiger partial charge on any atom is -0.0533 e. The summed E-state index contributed by atoms with van der Waals surface area (Å²) in [5.41, 5.74) is 0. The second-order valence-corrected chi connectivity index (χ2v) is 2.79. The molecule has 0 nitrogen and oxygen atoms in total. The predicted octanol–water partition coefficient (Wildman–Crippen LogP) is 2.79. The van der Waals surface area contributed by atoms with Gasteiger partial charge in [-0.05, 0) is 5.92 Å². The van der Waals surface area contributed by atoms with Gasteiger partial charge in [0.2, 0.25) is 0 Å². The van der Waals surface area contributed by atoms with E-state index in [0.29, 0.717) is 0 Å². The topological polar surface area (TPSA) is 0 Å². The molecular formula is C8H15. The quantitative estimate of drug-likeness (QED) is 0.488. The highest BCUT2D eigenvalue weighted by Crippen LogP contribution is 2.25. The maximum Gasteiger partial charge on any atom is -0.0414 e. The molecule has 8 heavy (non-hydrogen) atoms. The molecule has 0 bridgehead atoms. The van der Waals surface area contributed by atoms with Crippen molar-refractivity contribution in [3.05, 3.63) is 6.92 Å². The van der Waals surface area contributed by atoms with Crippen LogP contribution in [0.2, 0.25) is 0 Å². The normalized spacial score (nSPS) is 23.6. The lowest BCUT2D eigenvalue weighted by atomic mass is 9.88. The lowest BCUT2D eigenvalue weighted by Crippen LogP contribution is -2.03. The molecule has 0 heteroatoms. The molecule has 1 saturated carbocycles. The maximum atomic E-state index is 3.91. The second-order valence-electron chi connectivity index (χ2n) is 2.79. The highest BCUT2D eigenvalue weighted by Gasteiger charge is 2.09. The van der Waals surface area contributed by atoms with Crippen LogP contribution in [0.1, 0.15) is 38.5 Å². The van der Waals surface area contributed by atoms with Crippen LogP contribution in [0, 0.1) is 12.8 Å². The van der Waals surface area contributed by atoms with Crippen molar-refractivity contribution in [3.8, 4) is 0 Å². The van der Waals surface area contributed by atoms with Gasteiger partial charge in [-0.1, -0.05) is 45.4 Å². The van der Waals surface area contributed by atoms with E-state index in [-0.39, 0.29) is 0 Å². The van der Waals surface area contributed by atoms with E-state index in [2.05, 4.69) is 6.92 Å². The molecule has 0 aromatic rings. The van der Waals surface area contributed by atoms with Gasteiger partial charge >= 0.3 is 0 Å². The summed E-state index contributed by atoms with van der Waals surface area (Å²) >= 11 is 0. The van der Waals surface area contributed by atoms with Crippen LogP contribution in [0.15, 0.2) is 0 Å². The summed E-state index contributed by atoms with van der Waals surface area (Å²) in [6.07, 6.45) is 8.45. The molecule has 0 N–H and O–H groups in total. The molecule has 1 radical (unpaired) electrons. The Morgan fingerprint density at radius 1 is 1.12 bits per heavy atom. The Morgan fingerprint density at radius 3 is 2.12 bits per heavy atom. The minimum absolute atomic E-state index is 0.976. The van der Waals surface area contributed by atoms with Gasteiger partial charge < -0.3 is 0 Å². The number of hydrogen-bond donors (Lipinski definition) is 0. The Labute approximate surface area is 52.3 Å². The van der Waals surface area contributed by atoms with Gasteiger partial charge in [-0.2, -0.15) is 0 Å². The van der Waals surface area contributed by atoms with Crippen molar-refractivity contribution >= 4 is 0 Å². The van der Waals surface area contributed by atoms with Crippen LogP contribution in [0.25, 0.3) is 0 Å². The molecule has 0 heterocycles. The fourth-order valence-corrected chi connectivity index (χ4v) is 1.48. The zero-order chi connectivity index (χ0) is 5.82. The summed E-state index contributed by atoms with van der Waals surface area (Å²) < 4.78 is 0. The summed E-state index contributed by atoms with van der Waals surface area (Å²) in [7, 11) is 0. The lowest BCUT2D eigenvalue weighted by Gasteiger charge is -2.18. The Morgan fingerprint density at radius 2 is 1.75 bits per heavy atom. The number of rotatable bonds is 1. The molecule has 0 aliphatic heterocycles. The molecule has 47 valence electrons. The Balaban J connectivity index is 2.13. The molecule has 0 amide bonds. The summed E-state index contributed by atoms with van der Waals surface area (Å²) in [4.78, 5) is 0. The molecule has 1 fully saturated rings. The van der Waals surface area contributed by atoms with E-state index in [9.17, 15) is 0 Å². The molecule has 1 rings (SSSR count). The highest BCUT2D eigenvalue weighted by atomic mass is 14.2. The van der Waals surface area contributed by atoms with Crippen LogP contribution in [0.3, 0.4) is 0 Å². The Hall–Kier alpha value is 0. The Bertz CT molecular complexity index is 51.1. The largest absolute Gasteiger partial charge is 0.0533 e. The van der Waals surface area contributed by atoms with Crippen molar-refractivity contribution in [2.24, 2.45) is 5.92 Å². The van der Waals surface area contributed by atoms with E-state index in [1.165, 1.54) is 38.5 Å². The standard InChI is InChI=1S/C8H15/c1-2-8-6-4-3-5-7-8/h8H,1-7H2. The molecule has 0 spiro atoms. The van der Waals surface area contributed by atoms with Crippen molar-refractivity contribution < 1.29 is 0 Å². The van der Waals surface area contributed by atoms with Crippen LogP contribution in [-0.4, -0.2) is 0 Å². The smallest absolute Gasteiger partial charge is 0.0414 e. The molecule has 0 aromatic heterocycles. The fourth-order valence-electron chi connectivity index (χ4n) is 1.48. The van der Waals surface area contributed by atoms with Gasteiger partial charge in [-0.3, -0.25) is 0 Å². The third-order valence-corrected chi connectivity index (χ3v) is 2.13. The van der Waals surface area contributed by atoms with Crippen molar-refractivity contribution in [1.82, 2.24) is 0 Å². The third kappa shape index (κ3) is 1.50. The summed E-state index contributed by atoms with van der Waals surface area (Å²) in [6.45, 7) is 3.91. The first kappa shape index (κ1) is 6.12. The first-order valence-electron chi connectivity index (χ1n) is 3.72. The number of hydrogen-bond acceptors (Lipinski definition) is 0. The monoisotopic (exact) mass is 111 g/mol. The van der Waals surface area contributed by atoms with Gasteiger partial charge in [0.25, 0.3) is 0 Å². The van der Waals surface area contributed by atoms with Crippen molar-refractivity contribution in [1.29, 1.82) is 0 Å². The lowest BCUT2D eigenvalue weighted by molar-refractivity contribution is 0.360. The average molecular weight is 111 g/mol. The van der Waals surface area contributed by atoms with E-state index in [0.717, 1.165) is 5.92 Å². The van der Waals surface area contributed by atoms with Crippen LogP contribution in [0.4, 0.5) is 0 Å². The molecule has 0 aromatic carbocycles. The van der Waals surface area contributed by atoms with E-state index in [1.807, 2.05) is 0 Å². The van der Waals surface area contributed by atoms with E-state index in [4.69, 9.17) is 0 Å². The van der Waals surface area contributed by atoms with Crippen molar-refractivity contribution in [2.75, 3.05) is 0 Å². The summed E-state index contributed by atoms with van der Waals surface area (Å²) in [5.74, 6) is 0.976. The van der Waals surface area contributed by atoms with Crippen molar-refractivity contribution in [2.45, 2.75) is 38.5 Å². The SMILES string of the molecule is [CH2]CC1CCCCC1.